The average Bonchev–Trinajstić information content (AvgIpc) is 2.15. The lowest BCUT2D eigenvalue weighted by atomic mass is 10.1. The maximum atomic E-state index is 12.2. The molecule has 0 bridgehead atoms. The van der Waals surface area contributed by atoms with E-state index in [1.807, 2.05) is 0 Å². The standard InChI is InChI=1S/C9H9FO4S/c1-14-8-4-2-3-7(5-8)9(11)6-15(10,12)13/h2-5H,6H2,1H3. The predicted octanol–water partition coefficient (Wildman–Crippen LogP) is 1.18. The molecular formula is C9H9FO4S. The Kier molecular flexibility index (Phi) is 3.41. The van der Waals surface area contributed by atoms with Crippen molar-refractivity contribution in [1.29, 1.82) is 0 Å². The van der Waals surface area contributed by atoms with E-state index in [0.29, 0.717) is 5.75 Å². The van der Waals surface area contributed by atoms with E-state index in [0.717, 1.165) is 0 Å². The molecule has 15 heavy (non-hydrogen) atoms. The summed E-state index contributed by atoms with van der Waals surface area (Å²) in [5, 5.41) is 0. The van der Waals surface area contributed by atoms with Crippen LogP contribution in [0, 0.1) is 0 Å². The van der Waals surface area contributed by atoms with E-state index in [9.17, 15) is 17.1 Å². The van der Waals surface area contributed by atoms with Gasteiger partial charge in [-0.25, -0.2) is 0 Å². The number of methoxy groups -OCH3 is 1. The summed E-state index contributed by atoms with van der Waals surface area (Å²) in [7, 11) is -3.37. The van der Waals surface area contributed by atoms with Gasteiger partial charge in [-0.15, -0.1) is 3.89 Å². The third kappa shape index (κ3) is 3.67. The van der Waals surface area contributed by atoms with Crippen molar-refractivity contribution in [2.75, 3.05) is 12.9 Å². The Labute approximate surface area is 86.9 Å². The van der Waals surface area contributed by atoms with Crippen LogP contribution in [0.2, 0.25) is 0 Å². The Morgan fingerprint density at radius 3 is 2.67 bits per heavy atom. The van der Waals surface area contributed by atoms with Crippen LogP contribution in [0.15, 0.2) is 24.3 Å². The molecule has 0 saturated heterocycles. The molecule has 0 amide bonds. The van der Waals surface area contributed by atoms with Crippen LogP contribution >= 0.6 is 0 Å². The van der Waals surface area contributed by atoms with Crippen LogP contribution in [-0.2, 0) is 10.2 Å². The molecule has 0 atom stereocenters. The number of carbonyl (C=O) groups is 1. The molecule has 0 spiro atoms. The van der Waals surface area contributed by atoms with Crippen molar-refractivity contribution < 1.29 is 21.8 Å². The SMILES string of the molecule is COc1cccc(C(=O)CS(=O)(=O)F)c1. The van der Waals surface area contributed by atoms with Gasteiger partial charge in [-0.3, -0.25) is 4.79 Å². The smallest absolute Gasteiger partial charge is 0.309 e. The Bertz CT molecular complexity index is 467. The fraction of sp³-hybridized carbons (Fsp3) is 0.222. The second-order valence-corrected chi connectivity index (χ2v) is 4.20. The molecule has 0 heterocycles. The molecule has 6 heteroatoms. The minimum absolute atomic E-state index is 0.107. The lowest BCUT2D eigenvalue weighted by Crippen LogP contribution is -2.11. The topological polar surface area (TPSA) is 60.4 Å². The van der Waals surface area contributed by atoms with E-state index >= 15 is 0 Å². The molecule has 0 aliphatic heterocycles. The summed E-state index contributed by atoms with van der Waals surface area (Å²) in [6, 6.07) is 5.88. The van der Waals surface area contributed by atoms with Crippen LogP contribution < -0.4 is 4.74 Å². The first-order chi connectivity index (χ1) is 6.92. The van der Waals surface area contributed by atoms with Gasteiger partial charge in [0.05, 0.1) is 7.11 Å². The van der Waals surface area contributed by atoms with Gasteiger partial charge < -0.3 is 4.74 Å². The van der Waals surface area contributed by atoms with Crippen molar-refractivity contribution in [1.82, 2.24) is 0 Å². The van der Waals surface area contributed by atoms with Gasteiger partial charge in [-0.1, -0.05) is 12.1 Å². The maximum Gasteiger partial charge on any atom is 0.309 e. The molecule has 0 N–H and O–H groups in total. The summed E-state index contributed by atoms with van der Waals surface area (Å²) in [4.78, 5) is 11.3. The number of benzene rings is 1. The van der Waals surface area contributed by atoms with Crippen LogP contribution in [0.4, 0.5) is 3.89 Å². The number of halogens is 1. The van der Waals surface area contributed by atoms with Gasteiger partial charge in [0.2, 0.25) is 0 Å². The van der Waals surface area contributed by atoms with E-state index in [2.05, 4.69) is 0 Å². The van der Waals surface area contributed by atoms with E-state index in [1.165, 1.54) is 25.3 Å². The second kappa shape index (κ2) is 4.39. The second-order valence-electron chi connectivity index (χ2n) is 2.84. The third-order valence-corrected chi connectivity index (χ3v) is 2.30. The van der Waals surface area contributed by atoms with E-state index in [4.69, 9.17) is 4.74 Å². The number of carbonyl (C=O) groups excluding carboxylic acids is 1. The largest absolute Gasteiger partial charge is 0.497 e. The lowest BCUT2D eigenvalue weighted by molar-refractivity contribution is 0.102. The number of Topliss-reactive ketones (excluding diaryl/α,β-unsaturated/α-hetero) is 1. The minimum atomic E-state index is -4.78. The van der Waals surface area contributed by atoms with E-state index < -0.39 is 21.8 Å². The normalized spacial score (nSPS) is 11.1. The highest BCUT2D eigenvalue weighted by atomic mass is 32.3. The van der Waals surface area contributed by atoms with Crippen molar-refractivity contribution in [2.45, 2.75) is 0 Å². The maximum absolute atomic E-state index is 12.2. The summed E-state index contributed by atoms with van der Waals surface area (Å²) >= 11 is 0. The molecule has 0 aliphatic rings. The summed E-state index contributed by atoms with van der Waals surface area (Å²) in [6.07, 6.45) is 0. The first-order valence-electron chi connectivity index (χ1n) is 4.02. The van der Waals surface area contributed by atoms with E-state index in [-0.39, 0.29) is 5.56 Å². The van der Waals surface area contributed by atoms with Gasteiger partial charge in [-0.05, 0) is 12.1 Å². The third-order valence-electron chi connectivity index (χ3n) is 1.70. The Balaban J connectivity index is 2.92. The number of hydrogen-bond acceptors (Lipinski definition) is 4. The molecule has 0 aliphatic carbocycles. The highest BCUT2D eigenvalue weighted by Crippen LogP contribution is 2.13. The summed E-state index contributed by atoms with van der Waals surface area (Å²) in [5.41, 5.74) is 0.107. The fourth-order valence-corrected chi connectivity index (χ4v) is 1.52. The molecule has 0 radical (unpaired) electrons. The van der Waals surface area contributed by atoms with Crippen LogP contribution in [-0.4, -0.2) is 27.1 Å². The highest BCUT2D eigenvalue weighted by molar-refractivity contribution is 7.87. The van der Waals surface area contributed by atoms with E-state index in [1.54, 1.807) is 6.07 Å². The van der Waals surface area contributed by atoms with Crippen molar-refractivity contribution in [3.8, 4) is 5.75 Å². The monoisotopic (exact) mass is 232 g/mol. The molecule has 0 fully saturated rings. The fourth-order valence-electron chi connectivity index (χ4n) is 1.04. The van der Waals surface area contributed by atoms with Crippen molar-refractivity contribution in [3.05, 3.63) is 29.8 Å². The van der Waals surface area contributed by atoms with Gasteiger partial charge in [-0.2, -0.15) is 8.42 Å². The van der Waals surface area contributed by atoms with Crippen LogP contribution in [0.3, 0.4) is 0 Å². The summed E-state index contributed by atoms with van der Waals surface area (Å²) in [5.74, 6) is -1.52. The van der Waals surface area contributed by atoms with Gasteiger partial charge in [0, 0.05) is 5.56 Å². The zero-order valence-corrected chi connectivity index (χ0v) is 8.75. The van der Waals surface area contributed by atoms with Crippen LogP contribution in [0.5, 0.6) is 5.75 Å². The molecule has 4 nitrogen and oxygen atoms in total. The van der Waals surface area contributed by atoms with Gasteiger partial charge in [0.15, 0.2) is 5.78 Å². The highest BCUT2D eigenvalue weighted by Gasteiger charge is 2.16. The Hall–Kier alpha value is -1.43. The molecule has 0 saturated carbocycles. The molecule has 82 valence electrons. The van der Waals surface area contributed by atoms with Crippen molar-refractivity contribution >= 4 is 16.0 Å². The quantitative estimate of drug-likeness (QED) is 0.577. The average molecular weight is 232 g/mol. The number of hydrogen-bond donors (Lipinski definition) is 0. The molecule has 1 aromatic rings. The Morgan fingerprint density at radius 2 is 2.13 bits per heavy atom. The predicted molar refractivity (Wildman–Crippen MR) is 52.2 cm³/mol. The first kappa shape index (κ1) is 11.6. The first-order valence-corrected chi connectivity index (χ1v) is 5.57. The van der Waals surface area contributed by atoms with Crippen LogP contribution in [0.25, 0.3) is 0 Å². The van der Waals surface area contributed by atoms with Crippen molar-refractivity contribution in [3.63, 3.8) is 0 Å². The molecule has 0 unspecified atom stereocenters. The van der Waals surface area contributed by atoms with Crippen LogP contribution in [0.1, 0.15) is 10.4 Å². The zero-order valence-electron chi connectivity index (χ0n) is 7.94. The molecule has 1 aromatic carbocycles. The summed E-state index contributed by atoms with van der Waals surface area (Å²) < 4.78 is 37.6. The number of ether oxygens (including phenoxy) is 1. The molecule has 0 aromatic heterocycles. The van der Waals surface area contributed by atoms with Gasteiger partial charge >= 0.3 is 10.2 Å². The molecule has 1 rings (SSSR count). The van der Waals surface area contributed by atoms with Crippen molar-refractivity contribution in [2.24, 2.45) is 0 Å². The Morgan fingerprint density at radius 1 is 1.47 bits per heavy atom. The number of ketones is 1. The zero-order chi connectivity index (χ0) is 11.5. The van der Waals surface area contributed by atoms with Gasteiger partial charge in [0.25, 0.3) is 0 Å². The lowest BCUT2D eigenvalue weighted by Gasteiger charge is -2.01. The molecular weight excluding hydrogens is 223 g/mol. The van der Waals surface area contributed by atoms with Gasteiger partial charge in [0.1, 0.15) is 11.5 Å². The minimum Gasteiger partial charge on any atom is -0.497 e. The number of rotatable bonds is 4. The summed E-state index contributed by atoms with van der Waals surface area (Å²) in [6.45, 7) is 0.